The summed E-state index contributed by atoms with van der Waals surface area (Å²) in [7, 11) is 0. The minimum absolute atomic E-state index is 0.0615. The Hall–Kier alpha value is -1.55. The quantitative estimate of drug-likeness (QED) is 0.649. The van der Waals surface area contributed by atoms with Crippen LogP contribution in [0.2, 0.25) is 5.28 Å². The van der Waals surface area contributed by atoms with Crippen molar-refractivity contribution in [3.05, 3.63) is 11.6 Å². The van der Waals surface area contributed by atoms with Crippen molar-refractivity contribution in [3.8, 4) is 0 Å². The van der Waals surface area contributed by atoms with Gasteiger partial charge in [0.25, 0.3) is 0 Å². The zero-order valence-corrected chi connectivity index (χ0v) is 10.8. The first kappa shape index (κ1) is 13.4. The number of imidazole rings is 1. The van der Waals surface area contributed by atoms with Gasteiger partial charge in [-0.15, -0.1) is 0 Å². The van der Waals surface area contributed by atoms with Gasteiger partial charge in [-0.25, -0.2) is 9.37 Å². The number of nitrogens with zero attached hydrogens (tertiary/aromatic N) is 4. The number of aliphatic hydroxyl groups is 2. The summed E-state index contributed by atoms with van der Waals surface area (Å²) in [6, 6.07) is 0. The third-order valence-corrected chi connectivity index (χ3v) is 3.34. The molecule has 3 rings (SSSR count). The lowest BCUT2D eigenvalue weighted by Gasteiger charge is -2.15. The lowest BCUT2D eigenvalue weighted by molar-refractivity contribution is -0.0459. The van der Waals surface area contributed by atoms with Crippen molar-refractivity contribution >= 4 is 28.6 Å². The standard InChI is InChI=1S/C10H11ClFN5O3/c11-10-15-7(13)5-8(16-10)17(2-14-5)9-4(12)6(19)3(1-18)20-9/h2-4,6,9,18-19H,1H2,(H2,13,15,16)/t3-,4+,6?,9-/m0/s1/i12-1. The van der Waals surface area contributed by atoms with Gasteiger partial charge in [-0.3, -0.25) is 4.57 Å². The summed E-state index contributed by atoms with van der Waals surface area (Å²) < 4.78 is 20.6. The van der Waals surface area contributed by atoms with Crippen LogP contribution in [0.15, 0.2) is 6.33 Å². The third-order valence-electron chi connectivity index (χ3n) is 3.17. The summed E-state index contributed by atoms with van der Waals surface area (Å²) in [6.45, 7) is -0.497. The highest BCUT2D eigenvalue weighted by atomic mass is 35.5. The molecule has 0 aromatic carbocycles. The van der Waals surface area contributed by atoms with E-state index in [0.717, 1.165) is 0 Å². The number of hydrogen-bond acceptors (Lipinski definition) is 7. The van der Waals surface area contributed by atoms with E-state index in [9.17, 15) is 9.50 Å². The molecule has 4 atom stereocenters. The molecule has 0 amide bonds. The number of aliphatic hydroxyl groups excluding tert-OH is 2. The normalized spacial score (nSPS) is 30.2. The maximum absolute atomic E-state index is 14.1. The molecule has 0 spiro atoms. The molecule has 0 saturated carbocycles. The molecule has 3 heterocycles. The van der Waals surface area contributed by atoms with Crippen LogP contribution in [-0.4, -0.2) is 54.7 Å². The Morgan fingerprint density at radius 3 is 2.90 bits per heavy atom. The Kier molecular flexibility index (Phi) is 3.21. The highest BCUT2D eigenvalue weighted by Gasteiger charge is 2.45. The van der Waals surface area contributed by atoms with Crippen molar-refractivity contribution in [1.82, 2.24) is 19.5 Å². The number of hydrogen-bond donors (Lipinski definition) is 3. The number of rotatable bonds is 2. The van der Waals surface area contributed by atoms with Gasteiger partial charge in [-0.2, -0.15) is 9.97 Å². The lowest BCUT2D eigenvalue weighted by atomic mass is 10.1. The van der Waals surface area contributed by atoms with Crippen LogP contribution in [0.5, 0.6) is 0 Å². The average molecular weight is 303 g/mol. The molecule has 10 heteroatoms. The van der Waals surface area contributed by atoms with Crippen LogP contribution >= 0.6 is 11.6 Å². The summed E-state index contributed by atoms with van der Waals surface area (Å²) in [5.41, 5.74) is 6.10. The van der Waals surface area contributed by atoms with Gasteiger partial charge in [0, 0.05) is 0 Å². The summed E-state index contributed by atoms with van der Waals surface area (Å²) in [6.07, 6.45) is -4.08. The Balaban J connectivity index is 2.07. The van der Waals surface area contributed by atoms with Crippen LogP contribution in [0.1, 0.15) is 6.23 Å². The van der Waals surface area contributed by atoms with Crippen LogP contribution in [0, 0.1) is 0 Å². The van der Waals surface area contributed by atoms with Crippen LogP contribution in [0.3, 0.4) is 0 Å². The lowest BCUT2D eigenvalue weighted by Crippen LogP contribution is -2.30. The second-order valence-electron chi connectivity index (χ2n) is 4.38. The Bertz CT molecular complexity index is 653. The first-order chi connectivity index (χ1) is 9.52. The zero-order chi connectivity index (χ0) is 14.4. The predicted molar refractivity (Wildman–Crippen MR) is 66.6 cm³/mol. The second-order valence-corrected chi connectivity index (χ2v) is 4.72. The number of alkyl halides is 1. The molecule has 2 aromatic rings. The number of fused-ring (bicyclic) bond motifs is 1. The molecule has 20 heavy (non-hydrogen) atoms. The zero-order valence-electron chi connectivity index (χ0n) is 10.0. The maximum atomic E-state index is 14.1. The first-order valence-electron chi connectivity index (χ1n) is 5.77. The molecule has 1 unspecified atom stereocenters. The smallest absolute Gasteiger partial charge is 0.226 e. The van der Waals surface area contributed by atoms with Crippen LogP contribution in [0.25, 0.3) is 11.2 Å². The van der Waals surface area contributed by atoms with Crippen molar-refractivity contribution in [2.24, 2.45) is 0 Å². The summed E-state index contributed by atoms with van der Waals surface area (Å²) in [4.78, 5) is 11.7. The maximum Gasteiger partial charge on any atom is 0.226 e. The van der Waals surface area contributed by atoms with E-state index < -0.39 is 31.2 Å². The molecule has 1 aliphatic heterocycles. The minimum atomic E-state index is -1.74. The third kappa shape index (κ3) is 1.90. The number of aromatic nitrogens is 4. The molecule has 1 aliphatic rings. The van der Waals surface area contributed by atoms with Crippen molar-refractivity contribution in [2.75, 3.05) is 12.3 Å². The second kappa shape index (κ2) is 4.77. The van der Waals surface area contributed by atoms with E-state index in [2.05, 4.69) is 15.0 Å². The van der Waals surface area contributed by atoms with E-state index in [1.54, 1.807) is 0 Å². The van der Waals surface area contributed by atoms with Crippen molar-refractivity contribution < 1.29 is 19.3 Å². The highest BCUT2D eigenvalue weighted by Crippen LogP contribution is 2.34. The SMILES string of the molecule is Nc1nc(Cl)nc2c1ncn2[C@H]1O[C@@H](CO)C(O)[C@H]1[18F]. The molecule has 4 N–H and O–H groups in total. The Morgan fingerprint density at radius 1 is 1.50 bits per heavy atom. The largest absolute Gasteiger partial charge is 0.394 e. The molecule has 1 fully saturated rings. The number of ether oxygens (including phenoxy) is 1. The summed E-state index contributed by atoms with van der Waals surface area (Å²) in [5.74, 6) is 0.0615. The molecule has 0 aliphatic carbocycles. The highest BCUT2D eigenvalue weighted by molar-refractivity contribution is 6.28. The molecular weight excluding hydrogens is 292 g/mol. The van der Waals surface area contributed by atoms with Gasteiger partial charge in [0.05, 0.1) is 12.9 Å². The molecule has 8 nitrogen and oxygen atoms in total. The van der Waals surface area contributed by atoms with E-state index >= 15 is 0 Å². The van der Waals surface area contributed by atoms with Crippen LogP contribution in [0.4, 0.5) is 10.2 Å². The van der Waals surface area contributed by atoms with Gasteiger partial charge in [0.15, 0.2) is 23.9 Å². The van der Waals surface area contributed by atoms with Crippen molar-refractivity contribution in [1.29, 1.82) is 0 Å². The van der Waals surface area contributed by atoms with E-state index in [-0.39, 0.29) is 22.3 Å². The monoisotopic (exact) mass is 302 g/mol. The van der Waals surface area contributed by atoms with Gasteiger partial charge in [-0.05, 0) is 11.6 Å². The number of anilines is 1. The minimum Gasteiger partial charge on any atom is -0.394 e. The van der Waals surface area contributed by atoms with Gasteiger partial charge in [0.2, 0.25) is 5.28 Å². The average Bonchev–Trinajstić information content (AvgIpc) is 2.93. The fourth-order valence-corrected chi connectivity index (χ4v) is 2.35. The molecule has 1 saturated heterocycles. The van der Waals surface area contributed by atoms with E-state index in [1.807, 2.05) is 0 Å². The van der Waals surface area contributed by atoms with Crippen LogP contribution < -0.4 is 5.73 Å². The number of nitrogens with two attached hydrogens (primary N) is 1. The molecule has 108 valence electrons. The summed E-state index contributed by atoms with van der Waals surface area (Å²) >= 11 is 5.71. The topological polar surface area (TPSA) is 119 Å². The van der Waals surface area contributed by atoms with Crippen molar-refractivity contribution in [3.63, 3.8) is 0 Å². The summed E-state index contributed by atoms with van der Waals surface area (Å²) in [5, 5.41) is 18.6. The van der Waals surface area contributed by atoms with Gasteiger partial charge in [-0.1, -0.05) is 0 Å². The fourth-order valence-electron chi connectivity index (χ4n) is 2.18. The first-order valence-corrected chi connectivity index (χ1v) is 6.14. The number of nitrogen functional groups attached to an aromatic ring is 1. The van der Waals surface area contributed by atoms with E-state index in [1.165, 1.54) is 10.9 Å². The van der Waals surface area contributed by atoms with Gasteiger partial charge < -0.3 is 20.7 Å². The molecule has 2 aromatic heterocycles. The van der Waals surface area contributed by atoms with Crippen molar-refractivity contribution in [2.45, 2.75) is 24.6 Å². The van der Waals surface area contributed by atoms with Crippen LogP contribution in [-0.2, 0) is 4.74 Å². The van der Waals surface area contributed by atoms with Gasteiger partial charge >= 0.3 is 0 Å². The Labute approximate surface area is 117 Å². The number of halogens is 2. The molecule has 0 bridgehead atoms. The predicted octanol–water partition coefficient (Wildman–Crippen LogP) is -0.349. The Morgan fingerprint density at radius 2 is 2.25 bits per heavy atom. The fraction of sp³-hybridized carbons (Fsp3) is 0.500. The van der Waals surface area contributed by atoms with E-state index in [0.29, 0.717) is 0 Å². The molecular formula is C10H11ClFN5O3. The van der Waals surface area contributed by atoms with Gasteiger partial charge in [0.1, 0.15) is 17.7 Å². The van der Waals surface area contributed by atoms with E-state index in [4.69, 9.17) is 27.2 Å². The molecule has 0 radical (unpaired) electrons.